The second kappa shape index (κ2) is 4.77. The van der Waals surface area contributed by atoms with Gasteiger partial charge >= 0.3 is 0 Å². The van der Waals surface area contributed by atoms with E-state index in [9.17, 15) is 0 Å². The van der Waals surface area contributed by atoms with Gasteiger partial charge in [-0.3, -0.25) is 4.99 Å². The molecule has 15 heavy (non-hydrogen) atoms. The van der Waals surface area contributed by atoms with Gasteiger partial charge in [-0.05, 0) is 24.7 Å². The van der Waals surface area contributed by atoms with Gasteiger partial charge in [-0.25, -0.2) is 0 Å². The van der Waals surface area contributed by atoms with Crippen molar-refractivity contribution >= 4 is 16.9 Å². The van der Waals surface area contributed by atoms with Gasteiger partial charge < -0.3 is 5.32 Å². The van der Waals surface area contributed by atoms with Crippen LogP contribution in [0.5, 0.6) is 0 Å². The first kappa shape index (κ1) is 11.3. The lowest BCUT2D eigenvalue weighted by Crippen LogP contribution is -2.28. The summed E-state index contributed by atoms with van der Waals surface area (Å²) >= 11 is 1.91. The van der Waals surface area contributed by atoms with Crippen LogP contribution < -0.4 is 5.32 Å². The summed E-state index contributed by atoms with van der Waals surface area (Å²) in [5.41, 5.74) is 0. The molecule has 2 rings (SSSR count). The Bertz CT molecular complexity index is 250. The van der Waals surface area contributed by atoms with Gasteiger partial charge in [0, 0.05) is 11.8 Å². The molecule has 0 radical (unpaired) electrons. The van der Waals surface area contributed by atoms with Gasteiger partial charge in [0.25, 0.3) is 0 Å². The van der Waals surface area contributed by atoms with E-state index in [0.29, 0.717) is 12.1 Å². The van der Waals surface area contributed by atoms with Crippen LogP contribution >= 0.6 is 11.8 Å². The molecule has 86 valence electrons. The second-order valence-electron chi connectivity index (χ2n) is 5.19. The standard InChI is InChI=1S/C12H22N2S/c1-4-9-6-11(9)14-12-13-10(7-15-12)5-8(2)3/h8-11H,4-7H2,1-3H3,(H,13,14). The molecule has 1 N–H and O–H groups in total. The van der Waals surface area contributed by atoms with Crippen molar-refractivity contribution in [3.05, 3.63) is 0 Å². The Kier molecular flexibility index (Phi) is 3.60. The van der Waals surface area contributed by atoms with Crippen LogP contribution in [0.3, 0.4) is 0 Å². The van der Waals surface area contributed by atoms with Gasteiger partial charge in [0.2, 0.25) is 0 Å². The van der Waals surface area contributed by atoms with E-state index >= 15 is 0 Å². The molecule has 0 aromatic carbocycles. The Morgan fingerprint density at radius 3 is 2.93 bits per heavy atom. The van der Waals surface area contributed by atoms with Crippen LogP contribution in [0.1, 0.15) is 40.0 Å². The van der Waals surface area contributed by atoms with Crippen molar-refractivity contribution in [3.63, 3.8) is 0 Å². The van der Waals surface area contributed by atoms with Gasteiger partial charge in [-0.2, -0.15) is 0 Å². The van der Waals surface area contributed by atoms with Gasteiger partial charge in [-0.15, -0.1) is 0 Å². The van der Waals surface area contributed by atoms with Gasteiger partial charge in [0.15, 0.2) is 5.17 Å². The topological polar surface area (TPSA) is 24.4 Å². The van der Waals surface area contributed by atoms with E-state index in [1.54, 1.807) is 0 Å². The summed E-state index contributed by atoms with van der Waals surface area (Å²) in [6, 6.07) is 1.30. The minimum absolute atomic E-state index is 0.641. The van der Waals surface area contributed by atoms with Crippen LogP contribution in [0.2, 0.25) is 0 Å². The smallest absolute Gasteiger partial charge is 0.157 e. The van der Waals surface area contributed by atoms with Crippen LogP contribution in [0, 0.1) is 11.8 Å². The number of rotatable bonds is 4. The molecule has 0 spiro atoms. The Hall–Kier alpha value is -0.180. The number of aliphatic imine (C=N–C) groups is 1. The van der Waals surface area contributed by atoms with Crippen LogP contribution in [0.4, 0.5) is 0 Å². The fourth-order valence-electron chi connectivity index (χ4n) is 2.19. The number of thioether (sulfide) groups is 1. The maximum absolute atomic E-state index is 4.77. The number of hydrogen-bond donors (Lipinski definition) is 1. The normalized spacial score (nSPS) is 37.3. The maximum atomic E-state index is 4.77. The van der Waals surface area contributed by atoms with Crippen LogP contribution in [-0.4, -0.2) is 23.0 Å². The van der Waals surface area contributed by atoms with E-state index in [0.717, 1.165) is 11.8 Å². The van der Waals surface area contributed by atoms with Crippen molar-refractivity contribution in [1.82, 2.24) is 5.32 Å². The Balaban J connectivity index is 1.77. The lowest BCUT2D eigenvalue weighted by molar-refractivity contribution is 0.502. The first-order valence-corrected chi connectivity index (χ1v) is 7.14. The zero-order chi connectivity index (χ0) is 10.8. The van der Waals surface area contributed by atoms with Crippen molar-refractivity contribution in [3.8, 4) is 0 Å². The van der Waals surface area contributed by atoms with Crippen LogP contribution in [-0.2, 0) is 0 Å². The molecule has 3 heteroatoms. The van der Waals surface area contributed by atoms with Crippen molar-refractivity contribution in [2.75, 3.05) is 5.75 Å². The third kappa shape index (κ3) is 3.13. The molecule has 0 aromatic rings. The van der Waals surface area contributed by atoms with E-state index in [1.807, 2.05) is 11.8 Å². The second-order valence-corrected chi connectivity index (χ2v) is 6.20. The molecule has 1 saturated heterocycles. The lowest BCUT2D eigenvalue weighted by atomic mass is 10.1. The number of nitrogens with zero attached hydrogens (tertiary/aromatic N) is 1. The van der Waals surface area contributed by atoms with Crippen molar-refractivity contribution in [2.24, 2.45) is 16.8 Å². The molecule has 0 aromatic heterocycles. The molecule has 2 nitrogen and oxygen atoms in total. The Labute approximate surface area is 97.3 Å². The highest BCUT2D eigenvalue weighted by Gasteiger charge is 2.36. The van der Waals surface area contributed by atoms with Gasteiger partial charge in [0.1, 0.15) is 0 Å². The predicted octanol–water partition coefficient (Wildman–Crippen LogP) is 2.89. The van der Waals surface area contributed by atoms with Gasteiger partial charge in [0.05, 0.1) is 6.04 Å². The van der Waals surface area contributed by atoms with E-state index in [-0.39, 0.29) is 0 Å². The Morgan fingerprint density at radius 2 is 2.33 bits per heavy atom. The molecule has 0 amide bonds. The van der Waals surface area contributed by atoms with Crippen molar-refractivity contribution in [1.29, 1.82) is 0 Å². The summed E-state index contributed by atoms with van der Waals surface area (Å²) in [4.78, 5) is 4.77. The van der Waals surface area contributed by atoms with Gasteiger partial charge in [-0.1, -0.05) is 39.0 Å². The highest BCUT2D eigenvalue weighted by atomic mass is 32.2. The van der Waals surface area contributed by atoms with E-state index < -0.39 is 0 Å². The van der Waals surface area contributed by atoms with Crippen LogP contribution in [0.25, 0.3) is 0 Å². The SMILES string of the molecule is CCC1CC1N=C1NC(CC(C)C)CS1. The summed E-state index contributed by atoms with van der Waals surface area (Å²) in [6.07, 6.45) is 3.88. The molecule has 1 aliphatic heterocycles. The molecule has 1 heterocycles. The summed E-state index contributed by atoms with van der Waals surface area (Å²) in [7, 11) is 0. The third-order valence-corrected chi connectivity index (χ3v) is 4.26. The fourth-order valence-corrected chi connectivity index (χ4v) is 3.23. The Morgan fingerprint density at radius 1 is 1.53 bits per heavy atom. The number of amidine groups is 1. The third-order valence-electron chi connectivity index (χ3n) is 3.20. The quantitative estimate of drug-likeness (QED) is 0.797. The zero-order valence-electron chi connectivity index (χ0n) is 9.99. The summed E-state index contributed by atoms with van der Waals surface area (Å²) in [5.74, 6) is 2.87. The summed E-state index contributed by atoms with van der Waals surface area (Å²) in [6.45, 7) is 6.84. The highest BCUT2D eigenvalue weighted by molar-refractivity contribution is 8.14. The lowest BCUT2D eigenvalue weighted by Gasteiger charge is -2.11. The van der Waals surface area contributed by atoms with Crippen molar-refractivity contribution in [2.45, 2.75) is 52.1 Å². The maximum Gasteiger partial charge on any atom is 0.157 e. The largest absolute Gasteiger partial charge is 0.361 e. The molecular formula is C12H22N2S. The predicted molar refractivity (Wildman–Crippen MR) is 68.5 cm³/mol. The average molecular weight is 226 g/mol. The molecule has 1 aliphatic carbocycles. The highest BCUT2D eigenvalue weighted by Crippen LogP contribution is 2.37. The monoisotopic (exact) mass is 226 g/mol. The molecule has 3 unspecified atom stereocenters. The van der Waals surface area contributed by atoms with Crippen LogP contribution in [0.15, 0.2) is 4.99 Å². The molecule has 2 fully saturated rings. The number of nitrogens with one attached hydrogen (secondary N) is 1. The van der Waals surface area contributed by atoms with E-state index in [4.69, 9.17) is 4.99 Å². The van der Waals surface area contributed by atoms with Crippen molar-refractivity contribution < 1.29 is 0 Å². The fraction of sp³-hybridized carbons (Fsp3) is 0.917. The molecule has 1 saturated carbocycles. The van der Waals surface area contributed by atoms with E-state index in [2.05, 4.69) is 26.1 Å². The first-order valence-electron chi connectivity index (χ1n) is 6.16. The minimum Gasteiger partial charge on any atom is -0.361 e. The van der Waals surface area contributed by atoms with E-state index in [1.165, 1.54) is 30.2 Å². The molecule has 3 atom stereocenters. The molecular weight excluding hydrogens is 204 g/mol. The molecule has 2 aliphatic rings. The zero-order valence-corrected chi connectivity index (χ0v) is 10.8. The average Bonchev–Trinajstić information content (AvgIpc) is 2.78. The minimum atomic E-state index is 0.641. The number of hydrogen-bond acceptors (Lipinski definition) is 2. The first-order chi connectivity index (χ1) is 7.19. The molecule has 0 bridgehead atoms. The summed E-state index contributed by atoms with van der Waals surface area (Å²) in [5, 5.41) is 4.76. The summed E-state index contributed by atoms with van der Waals surface area (Å²) < 4.78 is 0.